The molecule has 1 aromatic carbocycles. The Hall–Kier alpha value is -3.15. The number of hydrogen-bond donors (Lipinski definition) is 2. The molecule has 2 N–H and O–H groups in total. The average Bonchev–Trinajstić information content (AvgIpc) is 3.21. The van der Waals surface area contributed by atoms with Crippen LogP contribution >= 0.6 is 0 Å². The number of amides is 1. The monoisotopic (exact) mass is 321 g/mol. The third-order valence-electron chi connectivity index (χ3n) is 3.73. The molecule has 0 saturated carbocycles. The van der Waals surface area contributed by atoms with Gasteiger partial charge in [-0.2, -0.15) is 5.10 Å². The van der Waals surface area contributed by atoms with Crippen molar-refractivity contribution < 1.29 is 4.79 Å². The number of rotatable bonds is 5. The number of aromatic nitrogens is 4. The highest BCUT2D eigenvalue weighted by Crippen LogP contribution is 2.18. The molecule has 24 heavy (non-hydrogen) atoms. The third kappa shape index (κ3) is 3.43. The van der Waals surface area contributed by atoms with Gasteiger partial charge in [-0.15, -0.1) is 0 Å². The van der Waals surface area contributed by atoms with Crippen molar-refractivity contribution in [3.63, 3.8) is 0 Å². The van der Waals surface area contributed by atoms with E-state index in [1.54, 1.807) is 18.5 Å². The lowest BCUT2D eigenvalue weighted by Gasteiger charge is -2.03. The molecule has 1 amide bonds. The summed E-state index contributed by atoms with van der Waals surface area (Å²) in [7, 11) is 0. The van der Waals surface area contributed by atoms with E-state index in [0.717, 1.165) is 28.5 Å². The molecule has 2 heterocycles. The zero-order chi connectivity index (χ0) is 16.9. The van der Waals surface area contributed by atoms with Gasteiger partial charge in [0.1, 0.15) is 5.82 Å². The molecule has 3 aromatic rings. The number of carbonyl (C=O) groups excluding carboxylic acids is 1. The van der Waals surface area contributed by atoms with Gasteiger partial charge in [0, 0.05) is 29.7 Å². The number of carbonyl (C=O) groups is 1. The summed E-state index contributed by atoms with van der Waals surface area (Å²) in [6.45, 7) is 4.30. The van der Waals surface area contributed by atoms with E-state index in [0.29, 0.717) is 6.54 Å². The fraction of sp³-hybridized carbons (Fsp3) is 0.167. The second-order valence-corrected chi connectivity index (χ2v) is 5.42. The van der Waals surface area contributed by atoms with Crippen LogP contribution in [0.5, 0.6) is 0 Å². The predicted molar refractivity (Wildman–Crippen MR) is 92.5 cm³/mol. The van der Waals surface area contributed by atoms with Gasteiger partial charge in [0.2, 0.25) is 5.91 Å². The molecule has 6 nitrogen and oxygen atoms in total. The van der Waals surface area contributed by atoms with E-state index in [1.165, 1.54) is 6.08 Å². The molecule has 2 aromatic heterocycles. The maximum Gasteiger partial charge on any atom is 0.244 e. The van der Waals surface area contributed by atoms with Crippen molar-refractivity contribution in [3.05, 3.63) is 71.6 Å². The van der Waals surface area contributed by atoms with E-state index in [4.69, 9.17) is 0 Å². The second kappa shape index (κ2) is 6.95. The summed E-state index contributed by atoms with van der Waals surface area (Å²) in [5, 5.41) is 7.35. The molecule has 0 bridgehead atoms. The van der Waals surface area contributed by atoms with Gasteiger partial charge in [-0.25, -0.2) is 9.67 Å². The normalized spacial score (nSPS) is 11.1. The van der Waals surface area contributed by atoms with Crippen LogP contribution < -0.4 is 5.32 Å². The Labute approximate surface area is 140 Å². The first-order chi connectivity index (χ1) is 11.6. The fourth-order valence-corrected chi connectivity index (χ4v) is 2.50. The van der Waals surface area contributed by atoms with Crippen LogP contribution in [0, 0.1) is 13.8 Å². The number of benzene rings is 1. The molecule has 0 fully saturated rings. The highest BCUT2D eigenvalue weighted by Gasteiger charge is 2.10. The molecule has 0 atom stereocenters. The first-order valence-corrected chi connectivity index (χ1v) is 7.71. The summed E-state index contributed by atoms with van der Waals surface area (Å²) >= 11 is 0. The molecular formula is C18H19N5O. The number of aromatic amines is 1. The maximum atomic E-state index is 11.9. The van der Waals surface area contributed by atoms with Crippen molar-refractivity contribution in [2.45, 2.75) is 20.4 Å². The average molecular weight is 321 g/mol. The number of para-hydroxylation sites is 1. The fourth-order valence-electron chi connectivity index (χ4n) is 2.50. The lowest BCUT2D eigenvalue weighted by Crippen LogP contribution is -2.20. The van der Waals surface area contributed by atoms with Crippen LogP contribution in [0.15, 0.2) is 48.8 Å². The van der Waals surface area contributed by atoms with Crippen molar-refractivity contribution in [3.8, 4) is 5.69 Å². The summed E-state index contributed by atoms with van der Waals surface area (Å²) in [6, 6.07) is 9.93. The first-order valence-electron chi connectivity index (χ1n) is 7.71. The lowest BCUT2D eigenvalue weighted by atomic mass is 10.2. The van der Waals surface area contributed by atoms with Gasteiger partial charge in [-0.3, -0.25) is 4.79 Å². The molecule has 0 aliphatic heterocycles. The van der Waals surface area contributed by atoms with E-state index in [9.17, 15) is 4.79 Å². The Balaban J connectivity index is 1.73. The van der Waals surface area contributed by atoms with Crippen LogP contribution in [-0.4, -0.2) is 25.7 Å². The number of imidazole rings is 1. The quantitative estimate of drug-likeness (QED) is 0.709. The molecule has 3 rings (SSSR count). The van der Waals surface area contributed by atoms with Crippen LogP contribution in [0.1, 0.15) is 22.8 Å². The maximum absolute atomic E-state index is 11.9. The van der Waals surface area contributed by atoms with Crippen molar-refractivity contribution in [1.29, 1.82) is 0 Å². The van der Waals surface area contributed by atoms with Crippen LogP contribution in [0.4, 0.5) is 0 Å². The summed E-state index contributed by atoms with van der Waals surface area (Å²) in [5.74, 6) is 0.554. The molecule has 6 heteroatoms. The van der Waals surface area contributed by atoms with Crippen molar-refractivity contribution in [2.24, 2.45) is 0 Å². The van der Waals surface area contributed by atoms with Gasteiger partial charge in [0.05, 0.1) is 17.9 Å². The topological polar surface area (TPSA) is 75.6 Å². The van der Waals surface area contributed by atoms with Crippen LogP contribution in [0.2, 0.25) is 0 Å². The minimum absolute atomic E-state index is 0.169. The van der Waals surface area contributed by atoms with Gasteiger partial charge < -0.3 is 10.3 Å². The van der Waals surface area contributed by atoms with E-state index in [1.807, 2.05) is 48.9 Å². The summed E-state index contributed by atoms with van der Waals surface area (Å²) in [6.07, 6.45) is 6.70. The second-order valence-electron chi connectivity index (χ2n) is 5.42. The molecule has 0 aliphatic carbocycles. The van der Waals surface area contributed by atoms with E-state index >= 15 is 0 Å². The number of nitrogens with one attached hydrogen (secondary N) is 2. The standard InChI is InChI=1S/C18H19N5O/c1-13-16(8-9-18(24)21-12-17-19-10-11-20-17)14(2)23(22-13)15-6-4-3-5-7-15/h3-11H,12H2,1-2H3,(H,19,20)(H,21,24)/b9-8-. The largest absolute Gasteiger partial charge is 0.347 e. The Morgan fingerprint density at radius 2 is 2.08 bits per heavy atom. The first kappa shape index (κ1) is 15.7. The zero-order valence-electron chi connectivity index (χ0n) is 13.7. The minimum atomic E-state index is -0.169. The molecule has 0 saturated heterocycles. The van der Waals surface area contributed by atoms with Crippen LogP contribution in [0.3, 0.4) is 0 Å². The molecular weight excluding hydrogens is 302 g/mol. The van der Waals surface area contributed by atoms with Crippen molar-refractivity contribution >= 4 is 12.0 Å². The molecule has 0 aliphatic rings. The molecule has 0 spiro atoms. The van der Waals surface area contributed by atoms with E-state index in [-0.39, 0.29) is 5.91 Å². The van der Waals surface area contributed by atoms with Gasteiger partial charge in [0.25, 0.3) is 0 Å². The third-order valence-corrected chi connectivity index (χ3v) is 3.73. The number of hydrogen-bond acceptors (Lipinski definition) is 3. The zero-order valence-corrected chi connectivity index (χ0v) is 13.7. The van der Waals surface area contributed by atoms with E-state index < -0.39 is 0 Å². The minimum Gasteiger partial charge on any atom is -0.347 e. The summed E-state index contributed by atoms with van der Waals surface area (Å²) in [4.78, 5) is 19.0. The number of nitrogens with zero attached hydrogens (tertiary/aromatic N) is 3. The van der Waals surface area contributed by atoms with Gasteiger partial charge in [-0.1, -0.05) is 18.2 Å². The van der Waals surface area contributed by atoms with Gasteiger partial charge >= 0.3 is 0 Å². The molecule has 122 valence electrons. The summed E-state index contributed by atoms with van der Waals surface area (Å²) in [5.41, 5.74) is 3.83. The Morgan fingerprint density at radius 3 is 2.79 bits per heavy atom. The van der Waals surface area contributed by atoms with Crippen molar-refractivity contribution in [2.75, 3.05) is 0 Å². The van der Waals surface area contributed by atoms with Gasteiger partial charge in [-0.05, 0) is 32.1 Å². The SMILES string of the molecule is Cc1nn(-c2ccccc2)c(C)c1/C=C\C(=O)NCc1ncc[nH]1. The number of aryl methyl sites for hydroxylation is 1. The molecule has 0 unspecified atom stereocenters. The Kier molecular flexibility index (Phi) is 4.56. The lowest BCUT2D eigenvalue weighted by molar-refractivity contribution is -0.116. The van der Waals surface area contributed by atoms with Crippen molar-refractivity contribution in [1.82, 2.24) is 25.1 Å². The summed E-state index contributed by atoms with van der Waals surface area (Å²) < 4.78 is 1.88. The van der Waals surface area contributed by atoms with E-state index in [2.05, 4.69) is 20.4 Å². The van der Waals surface area contributed by atoms with Crippen LogP contribution in [-0.2, 0) is 11.3 Å². The predicted octanol–water partition coefficient (Wildman–Crippen LogP) is 2.54. The highest BCUT2D eigenvalue weighted by molar-refractivity contribution is 5.91. The Morgan fingerprint density at radius 1 is 1.29 bits per heavy atom. The van der Waals surface area contributed by atoms with Crippen LogP contribution in [0.25, 0.3) is 11.8 Å². The number of H-pyrrole nitrogens is 1. The smallest absolute Gasteiger partial charge is 0.244 e. The van der Waals surface area contributed by atoms with Gasteiger partial charge in [0.15, 0.2) is 0 Å². The highest BCUT2D eigenvalue weighted by atomic mass is 16.1. The Bertz CT molecular complexity index is 847. The molecule has 0 radical (unpaired) electrons.